The maximum Gasteiger partial charge on any atom is 0.348 e. The molecule has 1 unspecified atom stereocenters. The molecule has 10 atom stereocenters. The molecule has 4 aliphatic carbocycles. The smallest absolute Gasteiger partial charge is 0.348 e. The van der Waals surface area contributed by atoms with E-state index in [0.29, 0.717) is 18.4 Å². The van der Waals surface area contributed by atoms with Gasteiger partial charge in [0.2, 0.25) is 11.7 Å². The van der Waals surface area contributed by atoms with Crippen LogP contribution in [0.25, 0.3) is 0 Å². The Morgan fingerprint density at radius 1 is 1.10 bits per heavy atom. The second kappa shape index (κ2) is 9.23. The summed E-state index contributed by atoms with van der Waals surface area (Å²) in [7, 11) is 1.09. The number of aliphatic hydroxyl groups is 4. The van der Waals surface area contributed by atoms with Crippen LogP contribution in [0.1, 0.15) is 65.2 Å². The largest absolute Gasteiger partial charge is 0.504 e. The molecule has 0 aromatic heterocycles. The Kier molecular flexibility index (Phi) is 6.43. The van der Waals surface area contributed by atoms with E-state index in [-0.39, 0.29) is 31.6 Å². The number of carbonyl (C=O) groups is 4. The Morgan fingerprint density at radius 2 is 1.78 bits per heavy atom. The van der Waals surface area contributed by atoms with E-state index in [1.807, 2.05) is 0 Å². The number of methoxy groups -OCH3 is 1. The molecule has 41 heavy (non-hydrogen) atoms. The molecule has 2 heterocycles. The number of Topliss-reactive ketones (excluding diaryl/α,β-unsaturated/α-hetero) is 1. The summed E-state index contributed by atoms with van der Waals surface area (Å²) in [6.07, 6.45) is -3.30. The summed E-state index contributed by atoms with van der Waals surface area (Å²) in [6, 6.07) is 0. The summed E-state index contributed by atoms with van der Waals surface area (Å²) in [5.74, 6) is -6.49. The molecule has 6 aliphatic rings. The lowest BCUT2D eigenvalue weighted by atomic mass is 9.38. The highest BCUT2D eigenvalue weighted by Crippen LogP contribution is 2.72. The summed E-state index contributed by atoms with van der Waals surface area (Å²) >= 11 is 0. The predicted molar refractivity (Wildman–Crippen MR) is 136 cm³/mol. The van der Waals surface area contributed by atoms with Crippen molar-refractivity contribution in [3.63, 3.8) is 0 Å². The van der Waals surface area contributed by atoms with Crippen LogP contribution in [0.2, 0.25) is 0 Å². The molecule has 12 nitrogen and oxygen atoms in total. The second-order valence-electron chi connectivity index (χ2n) is 13.3. The van der Waals surface area contributed by atoms with Crippen LogP contribution in [0.4, 0.5) is 0 Å². The Bertz CT molecular complexity index is 1220. The van der Waals surface area contributed by atoms with Gasteiger partial charge in [-0.2, -0.15) is 0 Å². The van der Waals surface area contributed by atoms with E-state index >= 15 is 0 Å². The molecule has 1 spiro atoms. The van der Waals surface area contributed by atoms with E-state index in [9.17, 15) is 39.6 Å². The van der Waals surface area contributed by atoms with Crippen LogP contribution < -0.4 is 0 Å². The van der Waals surface area contributed by atoms with Gasteiger partial charge in [-0.1, -0.05) is 26.2 Å². The van der Waals surface area contributed by atoms with E-state index in [2.05, 4.69) is 0 Å². The SMILES string of the molecule is COC(=O)[C@]12OC[C@]34[C@H]([C@@H](O)[C@@H]1O)[C@@]1(C)CC(=O)C(O)=C(C)[C@@H]1C[C@H]3OC(=O)C(OC(=O)CC1(O)CCCCC1)[C@@H]24. The molecule has 2 aliphatic heterocycles. The van der Waals surface area contributed by atoms with Crippen LogP contribution in [0.5, 0.6) is 0 Å². The highest BCUT2D eigenvalue weighted by molar-refractivity contribution is 5.95. The molecule has 5 fully saturated rings. The highest BCUT2D eigenvalue weighted by atomic mass is 16.6. The lowest BCUT2D eigenvalue weighted by Crippen LogP contribution is -2.79. The van der Waals surface area contributed by atoms with Gasteiger partial charge in [-0.15, -0.1) is 0 Å². The average molecular weight is 579 g/mol. The molecule has 0 aromatic rings. The van der Waals surface area contributed by atoms with Crippen LogP contribution in [-0.2, 0) is 38.1 Å². The summed E-state index contributed by atoms with van der Waals surface area (Å²) in [4.78, 5) is 53.3. The molecule has 6 rings (SSSR count). The molecule has 0 aromatic carbocycles. The number of hydrogen-bond donors (Lipinski definition) is 4. The second-order valence-corrected chi connectivity index (χ2v) is 13.3. The van der Waals surface area contributed by atoms with Crippen molar-refractivity contribution in [3.8, 4) is 0 Å². The fourth-order valence-corrected chi connectivity index (χ4v) is 9.69. The van der Waals surface area contributed by atoms with E-state index in [0.717, 1.165) is 26.4 Å². The fourth-order valence-electron chi connectivity index (χ4n) is 9.69. The van der Waals surface area contributed by atoms with Gasteiger partial charge in [0.1, 0.15) is 12.2 Å². The van der Waals surface area contributed by atoms with E-state index < -0.39 is 87.9 Å². The van der Waals surface area contributed by atoms with Gasteiger partial charge in [0.15, 0.2) is 11.5 Å². The summed E-state index contributed by atoms with van der Waals surface area (Å²) in [6.45, 7) is 3.16. The molecule has 2 bridgehead atoms. The quantitative estimate of drug-likeness (QED) is 0.270. The Morgan fingerprint density at radius 3 is 2.44 bits per heavy atom. The van der Waals surface area contributed by atoms with Crippen molar-refractivity contribution in [2.45, 2.75) is 101 Å². The zero-order valence-electron chi connectivity index (χ0n) is 23.5. The first-order valence-electron chi connectivity index (χ1n) is 14.4. The fraction of sp³-hybridized carbons (Fsp3) is 0.793. The number of hydrogen-bond acceptors (Lipinski definition) is 12. The van der Waals surface area contributed by atoms with Crippen LogP contribution in [0, 0.1) is 28.6 Å². The zero-order chi connectivity index (χ0) is 29.7. The van der Waals surface area contributed by atoms with Gasteiger partial charge in [0, 0.05) is 17.8 Å². The molecule has 4 N–H and O–H groups in total. The van der Waals surface area contributed by atoms with Crippen molar-refractivity contribution in [2.75, 3.05) is 13.7 Å². The normalized spacial score (nSPS) is 46.2. The van der Waals surface area contributed by atoms with Gasteiger partial charge in [-0.05, 0) is 43.1 Å². The van der Waals surface area contributed by atoms with E-state index in [4.69, 9.17) is 18.9 Å². The van der Waals surface area contributed by atoms with Crippen molar-refractivity contribution in [3.05, 3.63) is 11.3 Å². The minimum absolute atomic E-state index is 0.155. The lowest BCUT2D eigenvalue weighted by molar-refractivity contribution is -0.290. The van der Waals surface area contributed by atoms with Gasteiger partial charge in [0.25, 0.3) is 0 Å². The summed E-state index contributed by atoms with van der Waals surface area (Å²) in [5, 5.41) is 44.8. The highest BCUT2D eigenvalue weighted by Gasteiger charge is 2.85. The maximum absolute atomic E-state index is 13.6. The van der Waals surface area contributed by atoms with Crippen molar-refractivity contribution in [2.24, 2.45) is 28.6 Å². The number of allylic oxidation sites excluding steroid dienone is 2. The van der Waals surface area contributed by atoms with Gasteiger partial charge in [0.05, 0.1) is 37.8 Å². The molecule has 3 saturated carbocycles. The summed E-state index contributed by atoms with van der Waals surface area (Å²) in [5.41, 5.74) is -5.52. The molecular weight excluding hydrogens is 540 g/mol. The number of rotatable bonds is 4. The van der Waals surface area contributed by atoms with E-state index in [1.54, 1.807) is 13.8 Å². The lowest BCUT2D eigenvalue weighted by Gasteiger charge is -2.67. The van der Waals surface area contributed by atoms with E-state index in [1.165, 1.54) is 0 Å². The Hall–Kier alpha value is -2.54. The average Bonchev–Trinajstić information content (AvgIpc) is 3.22. The first kappa shape index (κ1) is 28.6. The minimum atomic E-state index is -2.26. The number of ketones is 1. The molecule has 12 heteroatoms. The minimum Gasteiger partial charge on any atom is -0.504 e. The first-order chi connectivity index (χ1) is 19.3. The Labute approximate surface area is 237 Å². The van der Waals surface area contributed by atoms with Gasteiger partial charge < -0.3 is 39.4 Å². The van der Waals surface area contributed by atoms with Crippen molar-refractivity contribution in [1.29, 1.82) is 0 Å². The number of esters is 3. The van der Waals surface area contributed by atoms with Crippen LogP contribution in [0.3, 0.4) is 0 Å². The molecular formula is C29H38O12. The zero-order valence-corrected chi connectivity index (χ0v) is 23.5. The number of fused-ring (bicyclic) bond motifs is 2. The molecule has 2 saturated heterocycles. The van der Waals surface area contributed by atoms with Crippen molar-refractivity contribution in [1.82, 2.24) is 0 Å². The van der Waals surface area contributed by atoms with Crippen LogP contribution in [-0.4, -0.2) is 93.5 Å². The third kappa shape index (κ3) is 3.60. The number of aliphatic hydroxyl groups excluding tert-OH is 3. The number of ether oxygens (including phenoxy) is 4. The third-order valence-corrected chi connectivity index (χ3v) is 11.4. The standard InChI is InChI=1S/C29H38O12/c1-13-14-9-16-28-12-39-29(25(36)38-3,23(34)19(33)21(28)26(14,2)10-15(30)18(13)32)22(28)20(24(35)40-16)41-17(31)11-27(37)7-5-4-6-8-27/h14,16,19-23,32-34,37H,4-12H2,1-3H3/t14-,16+,19+,20?,21+,22+,23-,26-,28+,29+/m0/s1. The van der Waals surface area contributed by atoms with Crippen LogP contribution in [0.15, 0.2) is 11.3 Å². The maximum atomic E-state index is 13.6. The molecule has 0 radical (unpaired) electrons. The topological polar surface area (TPSA) is 186 Å². The van der Waals surface area contributed by atoms with Crippen molar-refractivity contribution >= 4 is 23.7 Å². The van der Waals surface area contributed by atoms with Crippen molar-refractivity contribution < 1.29 is 58.6 Å². The van der Waals surface area contributed by atoms with Gasteiger partial charge >= 0.3 is 17.9 Å². The summed E-state index contributed by atoms with van der Waals surface area (Å²) < 4.78 is 22.8. The third-order valence-electron chi connectivity index (χ3n) is 11.4. The number of carbonyl (C=O) groups excluding carboxylic acids is 4. The molecule has 0 amide bonds. The Balaban J connectivity index is 1.47. The van der Waals surface area contributed by atoms with Gasteiger partial charge in [-0.25, -0.2) is 9.59 Å². The van der Waals surface area contributed by atoms with Crippen LogP contribution >= 0.6 is 0 Å². The molecule has 226 valence electrons. The monoisotopic (exact) mass is 578 g/mol. The first-order valence-corrected chi connectivity index (χ1v) is 14.4. The van der Waals surface area contributed by atoms with Gasteiger partial charge in [-0.3, -0.25) is 9.59 Å². The predicted octanol–water partition coefficient (Wildman–Crippen LogP) is 0.636.